The van der Waals surface area contributed by atoms with Crippen molar-refractivity contribution in [2.45, 2.75) is 39.3 Å². The molecule has 3 heterocycles. The van der Waals surface area contributed by atoms with Crippen LogP contribution in [0.25, 0.3) is 10.2 Å². The number of rotatable bonds is 6. The van der Waals surface area contributed by atoms with Gasteiger partial charge >= 0.3 is 0 Å². The van der Waals surface area contributed by atoms with E-state index in [9.17, 15) is 4.79 Å². The van der Waals surface area contributed by atoms with E-state index in [-0.39, 0.29) is 18.5 Å². The third-order valence-corrected chi connectivity index (χ3v) is 6.70. The number of nitrogens with one attached hydrogen (secondary N) is 2. The monoisotopic (exact) mass is 409 g/mol. The van der Waals surface area contributed by atoms with Crippen molar-refractivity contribution in [3.8, 4) is 0 Å². The van der Waals surface area contributed by atoms with Crippen LogP contribution in [-0.2, 0) is 11.3 Å². The first-order valence-electron chi connectivity index (χ1n) is 10.1. The predicted molar refractivity (Wildman–Crippen MR) is 118 cm³/mol. The zero-order chi connectivity index (χ0) is 20.2. The van der Waals surface area contributed by atoms with Crippen LogP contribution in [0.3, 0.4) is 0 Å². The SMILES string of the molecule is Cc1sc2ncnc(NCC(=O)NC3CCN(Cc4ccccc4)CC3)c2c1C. The molecular weight excluding hydrogens is 382 g/mol. The number of aromatic nitrogens is 2. The normalized spacial score (nSPS) is 15.5. The van der Waals surface area contributed by atoms with Crippen LogP contribution in [0.15, 0.2) is 36.7 Å². The smallest absolute Gasteiger partial charge is 0.239 e. The van der Waals surface area contributed by atoms with Gasteiger partial charge in [-0.25, -0.2) is 9.97 Å². The third kappa shape index (κ3) is 4.74. The molecule has 1 amide bonds. The van der Waals surface area contributed by atoms with Crippen LogP contribution in [0.5, 0.6) is 0 Å². The van der Waals surface area contributed by atoms with E-state index in [2.05, 4.69) is 63.6 Å². The van der Waals surface area contributed by atoms with Crippen molar-refractivity contribution in [1.29, 1.82) is 0 Å². The summed E-state index contributed by atoms with van der Waals surface area (Å²) >= 11 is 1.66. The van der Waals surface area contributed by atoms with Gasteiger partial charge in [-0.05, 0) is 37.8 Å². The zero-order valence-electron chi connectivity index (χ0n) is 16.9. The number of anilines is 1. The molecule has 2 N–H and O–H groups in total. The Balaban J connectivity index is 1.26. The highest BCUT2D eigenvalue weighted by Crippen LogP contribution is 2.32. The van der Waals surface area contributed by atoms with Crippen LogP contribution in [0.2, 0.25) is 0 Å². The quantitative estimate of drug-likeness (QED) is 0.652. The minimum Gasteiger partial charge on any atom is -0.360 e. The first-order valence-corrected chi connectivity index (χ1v) is 10.9. The molecule has 2 aromatic heterocycles. The maximum atomic E-state index is 12.5. The van der Waals surface area contributed by atoms with Gasteiger partial charge in [-0.15, -0.1) is 11.3 Å². The van der Waals surface area contributed by atoms with Crippen molar-refractivity contribution >= 4 is 33.3 Å². The second-order valence-corrected chi connectivity index (χ2v) is 8.85. The van der Waals surface area contributed by atoms with E-state index < -0.39 is 0 Å². The van der Waals surface area contributed by atoms with E-state index in [0.717, 1.165) is 48.5 Å². The summed E-state index contributed by atoms with van der Waals surface area (Å²) in [6.07, 6.45) is 3.53. The minimum atomic E-state index is 0.0166. The summed E-state index contributed by atoms with van der Waals surface area (Å²) in [5, 5.41) is 7.40. The van der Waals surface area contributed by atoms with Gasteiger partial charge < -0.3 is 10.6 Å². The van der Waals surface area contributed by atoms with Gasteiger partial charge in [-0.1, -0.05) is 30.3 Å². The third-order valence-electron chi connectivity index (χ3n) is 5.58. The molecule has 0 saturated carbocycles. The molecule has 1 aromatic carbocycles. The Labute approximate surface area is 175 Å². The lowest BCUT2D eigenvalue weighted by Gasteiger charge is -2.32. The average Bonchev–Trinajstić information content (AvgIpc) is 3.03. The number of aryl methyl sites for hydroxylation is 2. The highest BCUT2D eigenvalue weighted by molar-refractivity contribution is 7.18. The fourth-order valence-corrected chi connectivity index (χ4v) is 4.83. The Morgan fingerprint density at radius 3 is 2.69 bits per heavy atom. The van der Waals surface area contributed by atoms with Crippen molar-refractivity contribution in [3.05, 3.63) is 52.7 Å². The summed E-state index contributed by atoms with van der Waals surface area (Å²) < 4.78 is 0. The van der Waals surface area contributed by atoms with E-state index >= 15 is 0 Å². The number of carbonyl (C=O) groups excluding carboxylic acids is 1. The van der Waals surface area contributed by atoms with Gasteiger partial charge in [0.05, 0.1) is 11.9 Å². The summed E-state index contributed by atoms with van der Waals surface area (Å²) in [6.45, 7) is 7.38. The van der Waals surface area contributed by atoms with Gasteiger partial charge in [0.25, 0.3) is 0 Å². The molecule has 1 aliphatic rings. The summed E-state index contributed by atoms with van der Waals surface area (Å²) in [4.78, 5) is 25.8. The van der Waals surface area contributed by atoms with Crippen LogP contribution in [0.1, 0.15) is 28.8 Å². The molecule has 1 fully saturated rings. The zero-order valence-corrected chi connectivity index (χ0v) is 17.8. The van der Waals surface area contributed by atoms with Crippen LogP contribution >= 0.6 is 11.3 Å². The Bertz CT molecular complexity index is 980. The molecule has 4 rings (SSSR count). The van der Waals surface area contributed by atoms with Gasteiger partial charge in [0.15, 0.2) is 0 Å². The van der Waals surface area contributed by atoms with Crippen molar-refractivity contribution in [3.63, 3.8) is 0 Å². The predicted octanol–water partition coefficient (Wildman–Crippen LogP) is 3.50. The van der Waals surface area contributed by atoms with Crippen molar-refractivity contribution in [1.82, 2.24) is 20.2 Å². The molecule has 1 aliphatic heterocycles. The molecule has 1 saturated heterocycles. The number of hydrogen-bond acceptors (Lipinski definition) is 6. The first kappa shape index (κ1) is 19.8. The number of amides is 1. The van der Waals surface area contributed by atoms with Crippen molar-refractivity contribution in [2.24, 2.45) is 0 Å². The topological polar surface area (TPSA) is 70.1 Å². The van der Waals surface area contributed by atoms with E-state index in [1.165, 1.54) is 16.0 Å². The number of fused-ring (bicyclic) bond motifs is 1. The molecule has 0 atom stereocenters. The van der Waals surface area contributed by atoms with E-state index in [1.54, 1.807) is 17.7 Å². The molecule has 7 heteroatoms. The summed E-state index contributed by atoms with van der Waals surface area (Å²) in [6, 6.07) is 10.8. The lowest BCUT2D eigenvalue weighted by molar-refractivity contribution is -0.120. The van der Waals surface area contributed by atoms with E-state index in [1.807, 2.05) is 6.07 Å². The fourth-order valence-electron chi connectivity index (χ4n) is 3.84. The van der Waals surface area contributed by atoms with Crippen LogP contribution in [0.4, 0.5) is 5.82 Å². The van der Waals surface area contributed by atoms with Gasteiger partial charge in [-0.2, -0.15) is 0 Å². The van der Waals surface area contributed by atoms with Crippen LogP contribution < -0.4 is 10.6 Å². The van der Waals surface area contributed by atoms with Crippen LogP contribution in [0, 0.1) is 13.8 Å². The largest absolute Gasteiger partial charge is 0.360 e. The maximum Gasteiger partial charge on any atom is 0.239 e. The number of hydrogen-bond donors (Lipinski definition) is 2. The molecule has 6 nitrogen and oxygen atoms in total. The molecule has 0 aliphatic carbocycles. The van der Waals surface area contributed by atoms with Crippen molar-refractivity contribution in [2.75, 3.05) is 25.0 Å². The highest BCUT2D eigenvalue weighted by Gasteiger charge is 2.21. The fraction of sp³-hybridized carbons (Fsp3) is 0.409. The lowest BCUT2D eigenvalue weighted by Crippen LogP contribution is -2.45. The number of piperidine rings is 1. The number of carbonyl (C=O) groups is 1. The van der Waals surface area contributed by atoms with Gasteiger partial charge in [0.2, 0.25) is 5.91 Å². The number of nitrogens with zero attached hydrogens (tertiary/aromatic N) is 3. The summed E-state index contributed by atoms with van der Waals surface area (Å²) in [7, 11) is 0. The number of thiophene rings is 1. The molecular formula is C22H27N5OS. The number of likely N-dealkylation sites (tertiary alicyclic amines) is 1. The van der Waals surface area contributed by atoms with Gasteiger partial charge in [-0.3, -0.25) is 9.69 Å². The average molecular weight is 410 g/mol. The van der Waals surface area contributed by atoms with E-state index in [4.69, 9.17) is 0 Å². The lowest BCUT2D eigenvalue weighted by atomic mass is 10.0. The molecule has 0 spiro atoms. The molecule has 152 valence electrons. The van der Waals surface area contributed by atoms with E-state index in [0.29, 0.717) is 0 Å². The maximum absolute atomic E-state index is 12.5. The molecule has 0 radical (unpaired) electrons. The first-order chi connectivity index (χ1) is 14.1. The number of benzene rings is 1. The minimum absolute atomic E-state index is 0.0166. The standard InChI is InChI=1S/C22H27N5OS/c1-15-16(2)29-22-20(15)21(24-14-25-22)23-12-19(28)26-18-8-10-27(11-9-18)13-17-6-4-3-5-7-17/h3-7,14,18H,8-13H2,1-2H3,(H,26,28)(H,23,24,25). The molecule has 3 aromatic rings. The van der Waals surface area contributed by atoms with Crippen molar-refractivity contribution < 1.29 is 4.79 Å². The Hall–Kier alpha value is -2.51. The molecule has 0 unspecified atom stereocenters. The summed E-state index contributed by atoms with van der Waals surface area (Å²) in [5.41, 5.74) is 2.52. The van der Waals surface area contributed by atoms with Gasteiger partial charge in [0.1, 0.15) is 17.0 Å². The second kappa shape index (κ2) is 8.88. The summed E-state index contributed by atoms with van der Waals surface area (Å²) in [5.74, 6) is 0.757. The Morgan fingerprint density at radius 1 is 1.17 bits per heavy atom. The molecule has 0 bridgehead atoms. The van der Waals surface area contributed by atoms with Crippen LogP contribution in [-0.4, -0.2) is 46.5 Å². The highest BCUT2D eigenvalue weighted by atomic mass is 32.1. The second-order valence-electron chi connectivity index (χ2n) is 7.64. The Morgan fingerprint density at radius 2 is 1.93 bits per heavy atom. The molecule has 29 heavy (non-hydrogen) atoms. The van der Waals surface area contributed by atoms with Gasteiger partial charge in [0, 0.05) is 30.6 Å². The Kier molecular flexibility index (Phi) is 6.06.